The molecule has 0 aromatic heterocycles. The van der Waals surface area contributed by atoms with Crippen LogP contribution in [0.15, 0.2) is 17.1 Å². The van der Waals surface area contributed by atoms with Crippen molar-refractivity contribution in [3.05, 3.63) is 17.7 Å². The number of ether oxygens (including phenoxy) is 3. The highest BCUT2D eigenvalue weighted by molar-refractivity contribution is 14.0. The number of hydrogen-bond donors (Lipinski definition) is 1. The maximum atomic E-state index is 5.97. The Labute approximate surface area is 149 Å². The Kier molecular flexibility index (Phi) is 9.71. The van der Waals surface area contributed by atoms with E-state index in [1.54, 1.807) is 21.3 Å². The Morgan fingerprint density at radius 1 is 1.05 bits per heavy atom. The zero-order valence-corrected chi connectivity index (χ0v) is 16.2. The highest BCUT2D eigenvalue weighted by Gasteiger charge is 2.13. The highest BCUT2D eigenvalue weighted by Crippen LogP contribution is 2.38. The van der Waals surface area contributed by atoms with Gasteiger partial charge in [-0.25, -0.2) is 4.99 Å². The molecule has 1 aromatic carbocycles. The van der Waals surface area contributed by atoms with Gasteiger partial charge in [-0.05, 0) is 31.5 Å². The fourth-order valence-corrected chi connectivity index (χ4v) is 2.05. The standard InChI is InChI=1S/C15H25N3O3.HI/c1-6-18(7-2)15(16)17-10-11-8-12(19-3)14(21-5)13(9-11)20-4;/h8-9H,6-7,10H2,1-5H3,(H2,16,17);1H. The summed E-state index contributed by atoms with van der Waals surface area (Å²) in [7, 11) is 4.76. The van der Waals surface area contributed by atoms with E-state index < -0.39 is 0 Å². The van der Waals surface area contributed by atoms with Crippen LogP contribution in [-0.4, -0.2) is 45.3 Å². The summed E-state index contributed by atoms with van der Waals surface area (Å²) in [4.78, 5) is 6.41. The average Bonchev–Trinajstić information content (AvgIpc) is 2.52. The Bertz CT molecular complexity index is 466. The van der Waals surface area contributed by atoms with Crippen LogP contribution in [0.5, 0.6) is 17.2 Å². The number of nitrogens with two attached hydrogens (primary N) is 1. The molecule has 0 spiro atoms. The van der Waals surface area contributed by atoms with E-state index in [2.05, 4.69) is 4.99 Å². The van der Waals surface area contributed by atoms with Crippen molar-refractivity contribution in [3.8, 4) is 17.2 Å². The first-order valence-corrected chi connectivity index (χ1v) is 6.94. The quantitative estimate of drug-likeness (QED) is 0.415. The minimum atomic E-state index is 0. The molecule has 6 nitrogen and oxygen atoms in total. The third-order valence-corrected chi connectivity index (χ3v) is 3.24. The molecule has 0 fully saturated rings. The largest absolute Gasteiger partial charge is 0.493 e. The Hall–Kier alpha value is -1.38. The van der Waals surface area contributed by atoms with Crippen LogP contribution < -0.4 is 19.9 Å². The lowest BCUT2D eigenvalue weighted by molar-refractivity contribution is 0.324. The van der Waals surface area contributed by atoms with Gasteiger partial charge in [0.1, 0.15) is 0 Å². The molecule has 0 radical (unpaired) electrons. The summed E-state index contributed by atoms with van der Waals surface area (Å²) >= 11 is 0. The summed E-state index contributed by atoms with van der Waals surface area (Å²) in [5, 5.41) is 0. The van der Waals surface area contributed by atoms with Crippen LogP contribution in [0.25, 0.3) is 0 Å². The number of rotatable bonds is 7. The molecular weight excluding hydrogens is 397 g/mol. The van der Waals surface area contributed by atoms with Crippen molar-refractivity contribution in [2.75, 3.05) is 34.4 Å². The highest BCUT2D eigenvalue weighted by atomic mass is 127. The first-order valence-electron chi connectivity index (χ1n) is 6.94. The van der Waals surface area contributed by atoms with Crippen LogP contribution >= 0.6 is 24.0 Å². The minimum Gasteiger partial charge on any atom is -0.493 e. The lowest BCUT2D eigenvalue weighted by Gasteiger charge is -2.19. The monoisotopic (exact) mass is 423 g/mol. The molecule has 1 aromatic rings. The van der Waals surface area contributed by atoms with Gasteiger partial charge < -0.3 is 24.8 Å². The van der Waals surface area contributed by atoms with Gasteiger partial charge in [0.15, 0.2) is 17.5 Å². The van der Waals surface area contributed by atoms with Gasteiger partial charge in [-0.1, -0.05) is 0 Å². The molecule has 0 atom stereocenters. The maximum Gasteiger partial charge on any atom is 0.203 e. The smallest absolute Gasteiger partial charge is 0.203 e. The van der Waals surface area contributed by atoms with Gasteiger partial charge in [0, 0.05) is 13.1 Å². The first kappa shape index (κ1) is 20.6. The zero-order valence-electron chi connectivity index (χ0n) is 13.9. The fraction of sp³-hybridized carbons (Fsp3) is 0.533. The maximum absolute atomic E-state index is 5.97. The third kappa shape index (κ3) is 5.11. The molecule has 0 aliphatic rings. The molecule has 22 heavy (non-hydrogen) atoms. The Morgan fingerprint density at radius 2 is 1.55 bits per heavy atom. The van der Waals surface area contributed by atoms with Crippen LogP contribution in [0.1, 0.15) is 19.4 Å². The minimum absolute atomic E-state index is 0. The van der Waals surface area contributed by atoms with Crippen LogP contribution in [-0.2, 0) is 6.54 Å². The zero-order chi connectivity index (χ0) is 15.8. The van der Waals surface area contributed by atoms with Crippen molar-refractivity contribution in [2.45, 2.75) is 20.4 Å². The molecular formula is C15H26IN3O3. The van der Waals surface area contributed by atoms with E-state index in [-0.39, 0.29) is 24.0 Å². The fourth-order valence-electron chi connectivity index (χ4n) is 2.05. The summed E-state index contributed by atoms with van der Waals surface area (Å²) in [6, 6.07) is 3.75. The molecule has 0 saturated carbocycles. The molecule has 0 unspecified atom stereocenters. The molecule has 2 N–H and O–H groups in total. The summed E-state index contributed by atoms with van der Waals surface area (Å²) in [5.41, 5.74) is 6.92. The van der Waals surface area contributed by atoms with Crippen LogP contribution in [0.3, 0.4) is 0 Å². The van der Waals surface area contributed by atoms with Crippen molar-refractivity contribution >= 4 is 29.9 Å². The third-order valence-electron chi connectivity index (χ3n) is 3.24. The number of hydrogen-bond acceptors (Lipinski definition) is 4. The summed E-state index contributed by atoms with van der Waals surface area (Å²) < 4.78 is 15.9. The van der Waals surface area contributed by atoms with Crippen LogP contribution in [0, 0.1) is 0 Å². The molecule has 0 aliphatic carbocycles. The number of methoxy groups -OCH3 is 3. The number of halogens is 1. The second-order valence-electron chi connectivity index (χ2n) is 4.38. The van der Waals surface area contributed by atoms with Gasteiger partial charge in [0.2, 0.25) is 5.75 Å². The van der Waals surface area contributed by atoms with Crippen LogP contribution in [0.2, 0.25) is 0 Å². The Balaban J connectivity index is 0.00000441. The predicted molar refractivity (Wildman–Crippen MR) is 99.8 cm³/mol. The molecule has 0 amide bonds. The molecule has 7 heteroatoms. The summed E-state index contributed by atoms with van der Waals surface area (Å²) in [5.74, 6) is 2.34. The molecule has 1 rings (SSSR count). The van der Waals surface area contributed by atoms with Gasteiger partial charge >= 0.3 is 0 Å². The van der Waals surface area contributed by atoms with Crippen molar-refractivity contribution in [3.63, 3.8) is 0 Å². The topological polar surface area (TPSA) is 69.3 Å². The normalized spacial score (nSPS) is 10.7. The van der Waals surface area contributed by atoms with E-state index in [1.807, 2.05) is 30.9 Å². The SMILES string of the molecule is CCN(CC)C(N)=NCc1cc(OC)c(OC)c(OC)c1.I. The molecule has 126 valence electrons. The first-order chi connectivity index (χ1) is 10.1. The van der Waals surface area contributed by atoms with Crippen molar-refractivity contribution < 1.29 is 14.2 Å². The van der Waals surface area contributed by atoms with Gasteiger partial charge in [-0.15, -0.1) is 24.0 Å². The lowest BCUT2D eigenvalue weighted by Crippen LogP contribution is -2.37. The van der Waals surface area contributed by atoms with E-state index in [9.17, 15) is 0 Å². The number of nitrogens with zero attached hydrogens (tertiary/aromatic N) is 2. The summed E-state index contributed by atoms with van der Waals surface area (Å²) in [6.07, 6.45) is 0. The van der Waals surface area contributed by atoms with Crippen molar-refractivity contribution in [1.82, 2.24) is 4.90 Å². The van der Waals surface area contributed by atoms with E-state index in [1.165, 1.54) is 0 Å². The lowest BCUT2D eigenvalue weighted by atomic mass is 10.2. The Morgan fingerprint density at radius 3 is 1.91 bits per heavy atom. The van der Waals surface area contributed by atoms with Crippen molar-refractivity contribution in [2.24, 2.45) is 10.7 Å². The predicted octanol–water partition coefficient (Wildman–Crippen LogP) is 2.49. The molecule has 0 bridgehead atoms. The molecule has 0 saturated heterocycles. The average molecular weight is 423 g/mol. The second-order valence-corrected chi connectivity index (χ2v) is 4.38. The molecule has 0 aliphatic heterocycles. The van der Waals surface area contributed by atoms with Gasteiger partial charge in [0.25, 0.3) is 0 Å². The number of benzene rings is 1. The number of aliphatic imine (C=N–C) groups is 1. The van der Waals surface area contributed by atoms with Crippen molar-refractivity contribution in [1.29, 1.82) is 0 Å². The second kappa shape index (κ2) is 10.4. The van der Waals surface area contributed by atoms with Gasteiger partial charge in [-0.3, -0.25) is 0 Å². The summed E-state index contributed by atoms with van der Waals surface area (Å²) in [6.45, 7) is 6.22. The van der Waals surface area contributed by atoms with Gasteiger partial charge in [-0.2, -0.15) is 0 Å². The molecule has 0 heterocycles. The number of guanidine groups is 1. The van der Waals surface area contributed by atoms with Gasteiger partial charge in [0.05, 0.1) is 27.9 Å². The van der Waals surface area contributed by atoms with E-state index in [4.69, 9.17) is 19.9 Å². The van der Waals surface area contributed by atoms with E-state index in [0.717, 1.165) is 18.7 Å². The van der Waals surface area contributed by atoms with Crippen LogP contribution in [0.4, 0.5) is 0 Å². The van der Waals surface area contributed by atoms with E-state index in [0.29, 0.717) is 29.8 Å². The van der Waals surface area contributed by atoms with E-state index >= 15 is 0 Å².